The summed E-state index contributed by atoms with van der Waals surface area (Å²) in [4.78, 5) is 0. The zero-order valence-corrected chi connectivity index (χ0v) is 17.4. The van der Waals surface area contributed by atoms with E-state index in [2.05, 4.69) is 90.3 Å². The lowest BCUT2D eigenvalue weighted by atomic mass is 9.72. The molecule has 138 valence electrons. The number of hydrogen-bond donors (Lipinski definition) is 0. The lowest BCUT2D eigenvalue weighted by Gasteiger charge is -2.33. The lowest BCUT2D eigenvalue weighted by Crippen LogP contribution is -2.24. The van der Waals surface area contributed by atoms with Crippen LogP contribution in [-0.4, -0.2) is 7.11 Å². The molecule has 2 aromatic rings. The highest BCUT2D eigenvalue weighted by Gasteiger charge is 2.32. The first-order valence-corrected chi connectivity index (χ1v) is 9.34. The van der Waals surface area contributed by atoms with E-state index in [1.54, 1.807) is 7.11 Å². The van der Waals surface area contributed by atoms with E-state index in [1.165, 1.54) is 22.3 Å². The third-order valence-corrected chi connectivity index (χ3v) is 5.21. The van der Waals surface area contributed by atoms with Crippen LogP contribution in [0.2, 0.25) is 0 Å². The van der Waals surface area contributed by atoms with Gasteiger partial charge in [0.05, 0.1) is 7.11 Å². The number of benzene rings is 2. The average molecular weight is 349 g/mol. The summed E-state index contributed by atoms with van der Waals surface area (Å²) in [7, 11) is 1.76. The van der Waals surface area contributed by atoms with Crippen LogP contribution in [-0.2, 0) is 17.3 Å². The number of rotatable bonds is 5. The Morgan fingerprint density at radius 2 is 1.65 bits per heavy atom. The van der Waals surface area contributed by atoms with E-state index in [4.69, 9.17) is 4.74 Å². The van der Waals surface area contributed by atoms with E-state index in [0.29, 0.717) is 0 Å². The molecule has 0 amide bonds. The van der Waals surface area contributed by atoms with Crippen LogP contribution in [0, 0.1) is 0 Å². The van der Waals surface area contributed by atoms with E-state index in [-0.39, 0.29) is 10.8 Å². The molecular weight excluding hydrogens is 316 g/mol. The number of ether oxygens (including phenoxy) is 1. The molecule has 2 aromatic carbocycles. The summed E-state index contributed by atoms with van der Waals surface area (Å²) in [6.45, 7) is 17.4. The van der Waals surface area contributed by atoms with E-state index in [9.17, 15) is 0 Å². The molecule has 0 aliphatic carbocycles. The van der Waals surface area contributed by atoms with Crippen LogP contribution in [0.3, 0.4) is 0 Å². The highest BCUT2D eigenvalue weighted by atomic mass is 16.5. The fourth-order valence-corrected chi connectivity index (χ4v) is 3.72. The smallest absolute Gasteiger partial charge is 0.131 e. The minimum Gasteiger partial charge on any atom is -0.496 e. The molecule has 0 bridgehead atoms. The molecule has 0 N–H and O–H groups in total. The Bertz CT molecular complexity index is 813. The van der Waals surface area contributed by atoms with Gasteiger partial charge in [0.15, 0.2) is 0 Å². The molecular formula is C25H32O. The van der Waals surface area contributed by atoms with Gasteiger partial charge in [-0.25, -0.2) is 0 Å². The molecule has 1 nitrogen and oxygen atoms in total. The molecule has 0 radical (unpaired) electrons. The minimum absolute atomic E-state index is 0.0445. The van der Waals surface area contributed by atoms with Crippen molar-refractivity contribution in [2.24, 2.45) is 0 Å². The van der Waals surface area contributed by atoms with E-state index < -0.39 is 0 Å². The van der Waals surface area contributed by atoms with Gasteiger partial charge in [0.25, 0.3) is 0 Å². The predicted octanol–water partition coefficient (Wildman–Crippen LogP) is 6.68. The second-order valence-electron chi connectivity index (χ2n) is 8.34. The fourth-order valence-electron chi connectivity index (χ4n) is 3.72. The Hall–Kier alpha value is -2.24. The summed E-state index contributed by atoms with van der Waals surface area (Å²) in [5, 5.41) is 0. The van der Waals surface area contributed by atoms with Crippen LogP contribution in [0.15, 0.2) is 48.7 Å². The first-order valence-electron chi connectivity index (χ1n) is 9.34. The van der Waals surface area contributed by atoms with Crippen molar-refractivity contribution in [3.8, 4) is 5.75 Å². The molecule has 0 saturated carbocycles. The van der Waals surface area contributed by atoms with Gasteiger partial charge >= 0.3 is 0 Å². The summed E-state index contributed by atoms with van der Waals surface area (Å²) in [6.07, 6.45) is 2.92. The molecule has 0 aromatic heterocycles. The van der Waals surface area contributed by atoms with Crippen molar-refractivity contribution in [2.45, 2.75) is 58.8 Å². The maximum absolute atomic E-state index is 5.95. The second kappa shape index (κ2) is 7.56. The van der Waals surface area contributed by atoms with Crippen molar-refractivity contribution < 1.29 is 4.74 Å². The molecule has 0 saturated heterocycles. The van der Waals surface area contributed by atoms with Crippen molar-refractivity contribution in [3.05, 3.63) is 76.5 Å². The zero-order valence-electron chi connectivity index (χ0n) is 17.4. The van der Waals surface area contributed by atoms with E-state index in [0.717, 1.165) is 17.7 Å². The predicted molar refractivity (Wildman–Crippen MR) is 113 cm³/mol. The van der Waals surface area contributed by atoms with Gasteiger partial charge in [0.1, 0.15) is 5.75 Å². The largest absolute Gasteiger partial charge is 0.496 e. The van der Waals surface area contributed by atoms with Crippen LogP contribution in [0.1, 0.15) is 69.4 Å². The van der Waals surface area contributed by atoms with E-state index in [1.807, 2.05) is 6.08 Å². The Kier molecular flexibility index (Phi) is 5.84. The fraction of sp³-hybridized carbons (Fsp3) is 0.400. The maximum Gasteiger partial charge on any atom is 0.131 e. The highest BCUT2D eigenvalue weighted by Crippen LogP contribution is 2.44. The standard InChI is InChI=1S/C25H32O/c1-9-14-20-19(10-2)21(24(3,4)5)17-22(23(20)26-8)25(6,7)18-15-12-11-13-16-18/h11-17H,1,10H2,2-8H3. The molecule has 0 heterocycles. The van der Waals surface area contributed by atoms with Crippen LogP contribution in [0.5, 0.6) is 5.75 Å². The monoisotopic (exact) mass is 348 g/mol. The summed E-state index contributed by atoms with van der Waals surface area (Å²) >= 11 is 0. The van der Waals surface area contributed by atoms with Gasteiger partial charge in [-0.05, 0) is 34.6 Å². The first kappa shape index (κ1) is 20.1. The van der Waals surface area contributed by atoms with Gasteiger partial charge in [-0.3, -0.25) is 0 Å². The molecule has 2 rings (SSSR count). The van der Waals surface area contributed by atoms with Gasteiger partial charge in [0.2, 0.25) is 0 Å². The maximum atomic E-state index is 5.95. The summed E-state index contributed by atoms with van der Waals surface area (Å²) in [6, 6.07) is 13.0. The van der Waals surface area contributed by atoms with Crippen LogP contribution in [0.4, 0.5) is 0 Å². The van der Waals surface area contributed by atoms with Crippen LogP contribution in [0.25, 0.3) is 6.08 Å². The van der Waals surface area contributed by atoms with Gasteiger partial charge in [-0.15, -0.1) is 5.73 Å². The van der Waals surface area contributed by atoms with Crippen molar-refractivity contribution in [1.29, 1.82) is 0 Å². The van der Waals surface area contributed by atoms with Crippen molar-refractivity contribution in [1.82, 2.24) is 0 Å². The zero-order chi connectivity index (χ0) is 19.5. The average Bonchev–Trinajstić information content (AvgIpc) is 2.60. The van der Waals surface area contributed by atoms with Crippen LogP contribution < -0.4 is 4.74 Å². The molecule has 0 fully saturated rings. The highest BCUT2D eigenvalue weighted by molar-refractivity contribution is 5.68. The first-order chi connectivity index (χ1) is 12.2. The molecule has 0 atom stereocenters. The van der Waals surface area contributed by atoms with Gasteiger partial charge in [-0.2, -0.15) is 0 Å². The molecule has 0 unspecified atom stereocenters. The molecule has 0 aliphatic rings. The molecule has 0 aliphatic heterocycles. The minimum atomic E-state index is -0.178. The number of methoxy groups -OCH3 is 1. The Morgan fingerprint density at radius 1 is 1.04 bits per heavy atom. The Balaban J connectivity index is 2.93. The normalized spacial score (nSPS) is 11.8. The number of hydrogen-bond acceptors (Lipinski definition) is 1. The third kappa shape index (κ3) is 3.64. The second-order valence-corrected chi connectivity index (χ2v) is 8.34. The lowest BCUT2D eigenvalue weighted by molar-refractivity contribution is 0.398. The Labute approximate surface area is 159 Å². The SMILES string of the molecule is C=C=Cc1c(CC)c(C(C)(C)C)cc(C(C)(C)c2ccccc2)c1OC. The molecule has 1 heteroatoms. The third-order valence-electron chi connectivity index (χ3n) is 5.21. The quantitative estimate of drug-likeness (QED) is 0.548. The van der Waals surface area contributed by atoms with Gasteiger partial charge < -0.3 is 4.74 Å². The summed E-state index contributed by atoms with van der Waals surface area (Å²) in [5.74, 6) is 0.930. The van der Waals surface area contributed by atoms with Crippen LogP contribution >= 0.6 is 0 Å². The van der Waals surface area contributed by atoms with Crippen molar-refractivity contribution >= 4 is 6.08 Å². The topological polar surface area (TPSA) is 9.23 Å². The van der Waals surface area contributed by atoms with E-state index >= 15 is 0 Å². The van der Waals surface area contributed by atoms with Gasteiger partial charge in [0, 0.05) is 16.5 Å². The van der Waals surface area contributed by atoms with Gasteiger partial charge in [-0.1, -0.05) is 84.5 Å². The molecule has 26 heavy (non-hydrogen) atoms. The summed E-state index contributed by atoms with van der Waals surface area (Å²) < 4.78 is 5.95. The van der Waals surface area contributed by atoms with Crippen molar-refractivity contribution in [2.75, 3.05) is 7.11 Å². The van der Waals surface area contributed by atoms with Crippen molar-refractivity contribution in [3.63, 3.8) is 0 Å². The summed E-state index contributed by atoms with van der Waals surface area (Å²) in [5.41, 5.74) is 9.11. The Morgan fingerprint density at radius 3 is 2.12 bits per heavy atom. The molecule has 0 spiro atoms.